The van der Waals surface area contributed by atoms with E-state index in [9.17, 15) is 0 Å². The molecule has 2 aromatic carbocycles. The maximum Gasteiger partial charge on any atom is 0.0542 e. The smallest absolute Gasteiger partial charge is 0.0542 e. The van der Waals surface area contributed by atoms with Crippen molar-refractivity contribution in [3.05, 3.63) is 67.7 Å². The van der Waals surface area contributed by atoms with Crippen LogP contribution >= 0.6 is 34.2 Å². The first kappa shape index (κ1) is 15.8. The zero-order valence-corrected chi connectivity index (χ0v) is 14.7. The molecule has 0 amide bonds. The molecule has 2 aromatic rings. The lowest BCUT2D eigenvalue weighted by Crippen LogP contribution is -2.23. The molecule has 1 unspecified atom stereocenters. The van der Waals surface area contributed by atoms with Crippen molar-refractivity contribution in [3.8, 4) is 0 Å². The van der Waals surface area contributed by atoms with E-state index in [0.29, 0.717) is 6.04 Å². The zero-order valence-electron chi connectivity index (χ0n) is 11.8. The van der Waals surface area contributed by atoms with Crippen molar-refractivity contribution >= 4 is 34.2 Å². The molecule has 20 heavy (non-hydrogen) atoms. The molecule has 3 heteroatoms. The van der Waals surface area contributed by atoms with Crippen molar-refractivity contribution < 1.29 is 0 Å². The molecule has 0 bridgehead atoms. The molecular weight excluding hydrogens is 381 g/mol. The van der Waals surface area contributed by atoms with Crippen molar-refractivity contribution in [2.45, 2.75) is 26.3 Å². The first-order chi connectivity index (χ1) is 9.60. The lowest BCUT2D eigenvalue weighted by molar-refractivity contribution is 0.550. The summed E-state index contributed by atoms with van der Waals surface area (Å²) >= 11 is 8.51. The Morgan fingerprint density at radius 2 is 1.85 bits per heavy atom. The number of rotatable bonds is 5. The quantitative estimate of drug-likeness (QED) is 0.686. The normalized spacial score (nSPS) is 12.4. The Balaban J connectivity index is 2.21. The molecule has 1 N–H and O–H groups in total. The predicted octanol–water partition coefficient (Wildman–Crippen LogP) is 5.15. The molecule has 0 aliphatic heterocycles. The van der Waals surface area contributed by atoms with Crippen LogP contribution in [0.4, 0.5) is 0 Å². The molecule has 0 saturated carbocycles. The second-order valence-electron chi connectivity index (χ2n) is 4.97. The minimum absolute atomic E-state index is 0.303. The van der Waals surface area contributed by atoms with Gasteiger partial charge in [0.15, 0.2) is 0 Å². The van der Waals surface area contributed by atoms with Crippen LogP contribution in [0.25, 0.3) is 0 Å². The molecule has 106 valence electrons. The highest BCUT2D eigenvalue weighted by Gasteiger charge is 2.12. The largest absolute Gasteiger partial charge is 0.310 e. The minimum Gasteiger partial charge on any atom is -0.310 e. The summed E-state index contributed by atoms with van der Waals surface area (Å²) in [5.74, 6) is 0. The number of nitrogens with one attached hydrogen (secondary N) is 1. The van der Waals surface area contributed by atoms with Gasteiger partial charge in [-0.3, -0.25) is 0 Å². The summed E-state index contributed by atoms with van der Waals surface area (Å²) in [6.45, 7) is 5.20. The van der Waals surface area contributed by atoms with Gasteiger partial charge in [0.05, 0.1) is 5.02 Å². The highest BCUT2D eigenvalue weighted by molar-refractivity contribution is 14.1. The summed E-state index contributed by atoms with van der Waals surface area (Å²) in [4.78, 5) is 0. The fourth-order valence-electron chi connectivity index (χ4n) is 2.24. The molecule has 2 rings (SSSR count). The van der Waals surface area contributed by atoms with Gasteiger partial charge >= 0.3 is 0 Å². The van der Waals surface area contributed by atoms with Gasteiger partial charge in [-0.2, -0.15) is 0 Å². The molecule has 0 radical (unpaired) electrons. The summed E-state index contributed by atoms with van der Waals surface area (Å²) in [5, 5.41) is 4.38. The molecule has 0 heterocycles. The topological polar surface area (TPSA) is 12.0 Å². The van der Waals surface area contributed by atoms with Gasteiger partial charge in [0.1, 0.15) is 0 Å². The molecule has 1 nitrogen and oxygen atoms in total. The molecule has 0 spiro atoms. The maximum atomic E-state index is 6.25. The Bertz CT molecular complexity index is 566. The fourth-order valence-corrected chi connectivity index (χ4v) is 2.77. The van der Waals surface area contributed by atoms with Crippen LogP contribution in [-0.2, 0) is 6.42 Å². The lowest BCUT2D eigenvalue weighted by atomic mass is 9.98. The Morgan fingerprint density at radius 1 is 1.15 bits per heavy atom. The predicted molar refractivity (Wildman–Crippen MR) is 95.5 cm³/mol. The van der Waals surface area contributed by atoms with E-state index < -0.39 is 0 Å². The standard InChI is InChI=1S/C17H19ClIN/c1-3-20-17(10-13-6-4-12(2)5-7-13)14-8-9-16(19)15(18)11-14/h4-9,11,17,20H,3,10H2,1-2H3. The van der Waals surface area contributed by atoms with Crippen LogP contribution < -0.4 is 5.32 Å². The first-order valence-electron chi connectivity index (χ1n) is 6.84. The van der Waals surface area contributed by atoms with Gasteiger partial charge in [-0.1, -0.05) is 54.4 Å². The van der Waals surface area contributed by atoms with Crippen LogP contribution in [0, 0.1) is 10.5 Å². The van der Waals surface area contributed by atoms with Crippen LogP contribution in [0.2, 0.25) is 5.02 Å². The van der Waals surface area contributed by atoms with Crippen LogP contribution in [0.1, 0.15) is 29.7 Å². The monoisotopic (exact) mass is 399 g/mol. The van der Waals surface area contributed by atoms with E-state index in [4.69, 9.17) is 11.6 Å². The average Bonchev–Trinajstić information content (AvgIpc) is 2.44. The van der Waals surface area contributed by atoms with Gasteiger partial charge in [0.2, 0.25) is 0 Å². The van der Waals surface area contributed by atoms with Crippen molar-refractivity contribution in [1.82, 2.24) is 5.32 Å². The third kappa shape index (κ3) is 4.21. The summed E-state index contributed by atoms with van der Waals surface area (Å²) in [6, 6.07) is 15.4. The van der Waals surface area contributed by atoms with E-state index in [0.717, 1.165) is 21.6 Å². The first-order valence-corrected chi connectivity index (χ1v) is 8.29. The van der Waals surface area contributed by atoms with Crippen molar-refractivity contribution in [2.24, 2.45) is 0 Å². The third-order valence-electron chi connectivity index (χ3n) is 3.36. The van der Waals surface area contributed by atoms with E-state index in [1.54, 1.807) is 0 Å². The van der Waals surface area contributed by atoms with Gasteiger partial charge in [0.25, 0.3) is 0 Å². The maximum absolute atomic E-state index is 6.25. The second kappa shape index (κ2) is 7.43. The zero-order chi connectivity index (χ0) is 14.5. The van der Waals surface area contributed by atoms with Crippen molar-refractivity contribution in [3.63, 3.8) is 0 Å². The van der Waals surface area contributed by atoms with E-state index in [-0.39, 0.29) is 0 Å². The molecule has 0 fully saturated rings. The summed E-state index contributed by atoms with van der Waals surface area (Å²) < 4.78 is 1.10. The molecule has 0 saturated heterocycles. The number of benzene rings is 2. The van der Waals surface area contributed by atoms with Crippen LogP contribution in [-0.4, -0.2) is 6.54 Å². The third-order valence-corrected chi connectivity index (χ3v) is 4.93. The van der Waals surface area contributed by atoms with Crippen LogP contribution in [0.3, 0.4) is 0 Å². The summed E-state index contributed by atoms with van der Waals surface area (Å²) in [5.41, 5.74) is 3.89. The number of likely N-dealkylation sites (N-methyl/N-ethyl adjacent to an activating group) is 1. The SMILES string of the molecule is CCNC(Cc1ccc(C)cc1)c1ccc(I)c(Cl)c1. The van der Waals surface area contributed by atoms with Gasteiger partial charge in [-0.05, 0) is 65.7 Å². The summed E-state index contributed by atoms with van der Waals surface area (Å²) in [7, 11) is 0. The van der Waals surface area contributed by atoms with E-state index >= 15 is 0 Å². The Kier molecular flexibility index (Phi) is 5.87. The highest BCUT2D eigenvalue weighted by atomic mass is 127. The second-order valence-corrected chi connectivity index (χ2v) is 6.54. The molecule has 0 aliphatic carbocycles. The summed E-state index contributed by atoms with van der Waals surface area (Å²) in [6.07, 6.45) is 0.977. The van der Waals surface area contributed by atoms with Crippen LogP contribution in [0.15, 0.2) is 42.5 Å². The fraction of sp³-hybridized carbons (Fsp3) is 0.294. The van der Waals surface area contributed by atoms with Crippen LogP contribution in [0.5, 0.6) is 0 Å². The lowest BCUT2D eigenvalue weighted by Gasteiger charge is -2.19. The Morgan fingerprint density at radius 3 is 2.45 bits per heavy atom. The van der Waals surface area contributed by atoms with E-state index in [1.165, 1.54) is 16.7 Å². The van der Waals surface area contributed by atoms with Gasteiger partial charge < -0.3 is 5.32 Å². The minimum atomic E-state index is 0.303. The van der Waals surface area contributed by atoms with Gasteiger partial charge in [-0.25, -0.2) is 0 Å². The van der Waals surface area contributed by atoms with Gasteiger partial charge in [-0.15, -0.1) is 0 Å². The van der Waals surface area contributed by atoms with Crippen molar-refractivity contribution in [1.29, 1.82) is 0 Å². The number of hydrogen-bond acceptors (Lipinski definition) is 1. The van der Waals surface area contributed by atoms with E-state index in [2.05, 4.69) is 84.2 Å². The highest BCUT2D eigenvalue weighted by Crippen LogP contribution is 2.25. The number of halogens is 2. The van der Waals surface area contributed by atoms with Crippen molar-refractivity contribution in [2.75, 3.05) is 6.54 Å². The van der Waals surface area contributed by atoms with Gasteiger partial charge in [0, 0.05) is 9.61 Å². The molecule has 0 aromatic heterocycles. The average molecular weight is 400 g/mol. The molecular formula is C17H19ClIN. The molecule has 1 atom stereocenters. The Hall–Kier alpha value is -0.580. The Labute approximate surface area is 139 Å². The number of hydrogen-bond donors (Lipinski definition) is 1. The number of aryl methyl sites for hydroxylation is 1. The van der Waals surface area contributed by atoms with E-state index in [1.807, 2.05) is 0 Å². The molecule has 0 aliphatic rings.